The smallest absolute Gasteiger partial charge is 0.275 e. The molecule has 0 spiro atoms. The third-order valence-corrected chi connectivity index (χ3v) is 4.83. The topological polar surface area (TPSA) is 104 Å². The lowest BCUT2D eigenvalue weighted by atomic mass is 10.3. The first-order chi connectivity index (χ1) is 12.1. The van der Waals surface area contributed by atoms with Crippen LogP contribution in [0.2, 0.25) is 0 Å². The molecule has 1 aromatic carbocycles. The second-order valence-corrected chi connectivity index (χ2v) is 7.45. The number of anilines is 2. The molecule has 1 aromatic heterocycles. The van der Waals surface area contributed by atoms with Crippen LogP contribution < -0.4 is 14.3 Å². The van der Waals surface area contributed by atoms with E-state index in [1.165, 1.54) is 12.1 Å². The van der Waals surface area contributed by atoms with E-state index in [4.69, 9.17) is 0 Å². The van der Waals surface area contributed by atoms with E-state index in [0.29, 0.717) is 11.4 Å². The Labute approximate surface area is 151 Å². The number of carbonyl (C=O) groups excluding carboxylic acids is 1. The summed E-state index contributed by atoms with van der Waals surface area (Å²) in [6.45, 7) is 6.72. The normalized spacial score (nSPS) is 11.3. The van der Waals surface area contributed by atoms with Crippen LogP contribution in [-0.2, 0) is 10.2 Å². The maximum Gasteiger partial charge on any atom is 0.336 e. The monoisotopic (exact) mass is 381 g/mol. The van der Waals surface area contributed by atoms with Gasteiger partial charge in [-0.1, -0.05) is 0 Å². The van der Waals surface area contributed by atoms with Crippen molar-refractivity contribution in [1.29, 1.82) is 0 Å². The summed E-state index contributed by atoms with van der Waals surface area (Å²) >= 11 is 0. The van der Waals surface area contributed by atoms with Crippen LogP contribution in [0.5, 0.6) is 0 Å². The molecule has 10 heteroatoms. The Hall–Kier alpha value is -2.75. The largest absolute Gasteiger partial charge is 0.336 e. The zero-order chi connectivity index (χ0) is 19.5. The number of hydrogen-bond acceptors (Lipinski definition) is 5. The van der Waals surface area contributed by atoms with Crippen molar-refractivity contribution < 1.29 is 17.6 Å². The molecule has 0 unspecified atom stereocenters. The molecule has 0 aliphatic carbocycles. The average Bonchev–Trinajstić information content (AvgIpc) is 2.46. The Kier molecular flexibility index (Phi) is 5.76. The zero-order valence-corrected chi connectivity index (χ0v) is 15.6. The zero-order valence-electron chi connectivity index (χ0n) is 14.8. The average molecular weight is 381 g/mol. The Morgan fingerprint density at radius 1 is 1.12 bits per heavy atom. The molecular formula is C16H20FN5O3S. The molecule has 140 valence electrons. The van der Waals surface area contributed by atoms with Gasteiger partial charge in [-0.05, 0) is 58.0 Å². The molecule has 0 fully saturated rings. The molecule has 0 saturated heterocycles. The minimum atomic E-state index is -4.23. The first kappa shape index (κ1) is 19.6. The number of halogens is 1. The number of amides is 2. The molecule has 2 N–H and O–H groups in total. The van der Waals surface area contributed by atoms with E-state index < -0.39 is 28.1 Å². The highest BCUT2D eigenvalue weighted by molar-refractivity contribution is 7.91. The predicted octanol–water partition coefficient (Wildman–Crippen LogP) is 2.51. The molecule has 0 bridgehead atoms. The molecule has 0 radical (unpaired) electrons. The van der Waals surface area contributed by atoms with Crippen molar-refractivity contribution in [1.82, 2.24) is 14.7 Å². The Morgan fingerprint density at radius 3 is 2.15 bits per heavy atom. The number of aryl methyl sites for hydroxylation is 2. The molecule has 0 atom stereocenters. The summed E-state index contributed by atoms with van der Waals surface area (Å²) in [5.41, 5.74) is 1.49. The number of aromatic nitrogens is 2. The number of rotatable bonds is 5. The van der Waals surface area contributed by atoms with E-state index in [9.17, 15) is 17.6 Å². The van der Waals surface area contributed by atoms with Gasteiger partial charge in [-0.25, -0.2) is 23.9 Å². The maximum absolute atomic E-state index is 13.1. The Balaban J connectivity index is 2.21. The van der Waals surface area contributed by atoms with Crippen LogP contribution in [0.3, 0.4) is 0 Å². The highest BCUT2D eigenvalue weighted by Crippen LogP contribution is 2.20. The summed E-state index contributed by atoms with van der Waals surface area (Å²) < 4.78 is 41.2. The van der Waals surface area contributed by atoms with Gasteiger partial charge in [0.1, 0.15) is 5.82 Å². The van der Waals surface area contributed by atoms with Crippen molar-refractivity contribution in [2.75, 3.05) is 9.62 Å². The van der Waals surface area contributed by atoms with Crippen LogP contribution in [0.1, 0.15) is 25.2 Å². The fourth-order valence-corrected chi connectivity index (χ4v) is 3.72. The van der Waals surface area contributed by atoms with Crippen LogP contribution in [0.4, 0.5) is 20.8 Å². The predicted molar refractivity (Wildman–Crippen MR) is 96.6 cm³/mol. The van der Waals surface area contributed by atoms with Crippen molar-refractivity contribution in [3.05, 3.63) is 47.5 Å². The molecule has 26 heavy (non-hydrogen) atoms. The Bertz CT molecular complexity index is 880. The van der Waals surface area contributed by atoms with Crippen molar-refractivity contribution in [3.63, 3.8) is 0 Å². The van der Waals surface area contributed by atoms with Gasteiger partial charge in [0, 0.05) is 17.4 Å². The summed E-state index contributed by atoms with van der Waals surface area (Å²) in [6.07, 6.45) is 0. The van der Waals surface area contributed by atoms with E-state index in [1.54, 1.807) is 33.8 Å². The van der Waals surface area contributed by atoms with E-state index in [0.717, 1.165) is 16.4 Å². The van der Waals surface area contributed by atoms with Crippen molar-refractivity contribution in [2.45, 2.75) is 33.7 Å². The standard InChI is InChI=1S/C16H20FN5O3S/c1-10(2)22(14-7-5-13(17)6-8-14)26(24,25)21-16(23)20-15-18-11(3)9-12(4)19-15/h5-10H,1-4H3,(H2,18,19,20,21,23). The third kappa shape index (κ3) is 4.88. The van der Waals surface area contributed by atoms with E-state index in [1.807, 2.05) is 4.72 Å². The molecule has 2 rings (SSSR count). The van der Waals surface area contributed by atoms with E-state index in [-0.39, 0.29) is 11.6 Å². The van der Waals surface area contributed by atoms with Crippen molar-refractivity contribution >= 4 is 27.9 Å². The van der Waals surface area contributed by atoms with Gasteiger partial charge in [0.2, 0.25) is 5.95 Å². The number of urea groups is 1. The van der Waals surface area contributed by atoms with Crippen LogP contribution in [-0.4, -0.2) is 30.5 Å². The van der Waals surface area contributed by atoms with E-state index in [2.05, 4.69) is 15.3 Å². The first-order valence-corrected chi connectivity index (χ1v) is 9.23. The number of nitrogens with one attached hydrogen (secondary N) is 2. The van der Waals surface area contributed by atoms with Crippen LogP contribution in [0.15, 0.2) is 30.3 Å². The fraction of sp³-hybridized carbons (Fsp3) is 0.312. The molecule has 2 aromatic rings. The third-order valence-electron chi connectivity index (χ3n) is 3.24. The molecule has 2 amide bonds. The van der Waals surface area contributed by atoms with Crippen LogP contribution in [0, 0.1) is 19.7 Å². The summed E-state index contributed by atoms with van der Waals surface area (Å²) in [4.78, 5) is 20.1. The summed E-state index contributed by atoms with van der Waals surface area (Å²) in [5, 5.41) is 2.30. The number of hydrogen-bond donors (Lipinski definition) is 2. The van der Waals surface area contributed by atoms with Gasteiger partial charge in [-0.2, -0.15) is 8.42 Å². The summed E-state index contributed by atoms with van der Waals surface area (Å²) in [7, 11) is -4.23. The fourth-order valence-electron chi connectivity index (χ4n) is 2.38. The van der Waals surface area contributed by atoms with Gasteiger partial charge in [0.15, 0.2) is 0 Å². The van der Waals surface area contributed by atoms with Gasteiger partial charge in [0.25, 0.3) is 0 Å². The lowest BCUT2D eigenvalue weighted by Gasteiger charge is -2.27. The highest BCUT2D eigenvalue weighted by atomic mass is 32.2. The number of nitrogens with zero attached hydrogens (tertiary/aromatic N) is 3. The number of benzene rings is 1. The SMILES string of the molecule is Cc1cc(C)nc(NC(=O)NS(=O)(=O)N(c2ccc(F)cc2)C(C)C)n1. The minimum Gasteiger partial charge on any atom is -0.275 e. The van der Waals surface area contributed by atoms with Crippen LogP contribution >= 0.6 is 0 Å². The second-order valence-electron chi connectivity index (χ2n) is 5.90. The van der Waals surface area contributed by atoms with Gasteiger partial charge in [-0.3, -0.25) is 9.62 Å². The van der Waals surface area contributed by atoms with Crippen molar-refractivity contribution in [2.24, 2.45) is 0 Å². The van der Waals surface area contributed by atoms with Gasteiger partial charge in [0.05, 0.1) is 5.69 Å². The van der Waals surface area contributed by atoms with Gasteiger partial charge >= 0.3 is 16.2 Å². The number of carbonyl (C=O) groups is 1. The molecule has 0 aliphatic heterocycles. The highest BCUT2D eigenvalue weighted by Gasteiger charge is 2.27. The summed E-state index contributed by atoms with van der Waals surface area (Å²) in [5.74, 6) is -0.499. The maximum atomic E-state index is 13.1. The Morgan fingerprint density at radius 2 is 1.65 bits per heavy atom. The molecule has 1 heterocycles. The lowest BCUT2D eigenvalue weighted by molar-refractivity contribution is 0.256. The van der Waals surface area contributed by atoms with E-state index >= 15 is 0 Å². The van der Waals surface area contributed by atoms with Crippen LogP contribution in [0.25, 0.3) is 0 Å². The molecule has 8 nitrogen and oxygen atoms in total. The minimum absolute atomic E-state index is 0.00641. The quantitative estimate of drug-likeness (QED) is 0.828. The lowest BCUT2D eigenvalue weighted by Crippen LogP contribution is -2.48. The van der Waals surface area contributed by atoms with Crippen molar-refractivity contribution in [3.8, 4) is 0 Å². The van der Waals surface area contributed by atoms with Gasteiger partial charge < -0.3 is 0 Å². The molecule has 0 saturated carbocycles. The molecule has 0 aliphatic rings. The van der Waals surface area contributed by atoms with Gasteiger partial charge in [-0.15, -0.1) is 0 Å². The summed E-state index contributed by atoms with van der Waals surface area (Å²) in [6, 6.07) is 5.13. The first-order valence-electron chi connectivity index (χ1n) is 7.79. The molecular weight excluding hydrogens is 361 g/mol. The second kappa shape index (κ2) is 7.65.